The van der Waals surface area contributed by atoms with Crippen LogP contribution in [0, 0.1) is 10.1 Å². The second kappa shape index (κ2) is 8.27. The van der Waals surface area contributed by atoms with Gasteiger partial charge >= 0.3 is 5.97 Å². The van der Waals surface area contributed by atoms with Crippen LogP contribution in [-0.4, -0.2) is 32.7 Å². The van der Waals surface area contributed by atoms with Gasteiger partial charge in [0.2, 0.25) is 0 Å². The van der Waals surface area contributed by atoms with Crippen molar-refractivity contribution in [1.82, 2.24) is 9.55 Å². The number of fused-ring (bicyclic) bond motifs is 1. The Hall–Kier alpha value is -4.20. The molecule has 0 aliphatic carbocycles. The number of nitro groups is 1. The summed E-state index contributed by atoms with van der Waals surface area (Å²) < 4.78 is 7.21. The summed E-state index contributed by atoms with van der Waals surface area (Å²) in [4.78, 5) is 26.5. The molecule has 0 amide bonds. The number of carboxylic acid groups (broad SMARTS) is 1. The van der Waals surface area contributed by atoms with E-state index in [4.69, 9.17) is 4.74 Å². The molecular formula is C23H19N3O5. The first-order chi connectivity index (χ1) is 15.0. The molecule has 4 rings (SSSR count). The number of rotatable bonds is 7. The molecule has 8 nitrogen and oxygen atoms in total. The Morgan fingerprint density at radius 2 is 1.81 bits per heavy atom. The van der Waals surface area contributed by atoms with Gasteiger partial charge in [0.25, 0.3) is 5.69 Å². The van der Waals surface area contributed by atoms with E-state index in [0.717, 1.165) is 23.3 Å². The Labute approximate surface area is 177 Å². The molecule has 1 heterocycles. The van der Waals surface area contributed by atoms with E-state index >= 15 is 0 Å². The highest BCUT2D eigenvalue weighted by Gasteiger charge is 2.16. The van der Waals surface area contributed by atoms with Crippen LogP contribution in [0.25, 0.3) is 22.4 Å². The number of nitrogens with zero attached hydrogens (tertiary/aromatic N) is 3. The lowest BCUT2D eigenvalue weighted by Crippen LogP contribution is -2.04. The average molecular weight is 417 g/mol. The fourth-order valence-electron chi connectivity index (χ4n) is 3.47. The van der Waals surface area contributed by atoms with Crippen LogP contribution in [0.4, 0.5) is 5.69 Å². The molecule has 0 bridgehead atoms. The summed E-state index contributed by atoms with van der Waals surface area (Å²) in [5.41, 5.74) is 3.34. The van der Waals surface area contributed by atoms with Gasteiger partial charge in [-0.15, -0.1) is 0 Å². The number of aromatic carboxylic acids is 1. The number of aromatic nitrogens is 2. The van der Waals surface area contributed by atoms with Crippen LogP contribution >= 0.6 is 0 Å². The van der Waals surface area contributed by atoms with Gasteiger partial charge in [0.1, 0.15) is 11.6 Å². The first kappa shape index (κ1) is 20.1. The molecule has 0 spiro atoms. The number of methoxy groups -OCH3 is 1. The van der Waals surface area contributed by atoms with Crippen LogP contribution in [0.2, 0.25) is 0 Å². The number of non-ortho nitro benzene ring substituents is 1. The minimum absolute atomic E-state index is 0.00203. The standard InChI is InChI=1S/C23H19N3O5/c1-31-19-9-2-15(3-10-19)12-13-25-21-11-6-17(23(27)28)14-20(21)24-22(25)16-4-7-18(8-5-16)26(29)30/h2-11,14H,12-13H2,1H3,(H,27,28). The second-order valence-corrected chi connectivity index (χ2v) is 7.00. The third-order valence-corrected chi connectivity index (χ3v) is 5.11. The van der Waals surface area contributed by atoms with Crippen LogP contribution in [0.15, 0.2) is 66.7 Å². The van der Waals surface area contributed by atoms with Crippen LogP contribution in [0.3, 0.4) is 0 Å². The van der Waals surface area contributed by atoms with Crippen molar-refractivity contribution in [1.29, 1.82) is 0 Å². The van der Waals surface area contributed by atoms with E-state index in [1.54, 1.807) is 31.4 Å². The molecular weight excluding hydrogens is 398 g/mol. The number of nitro benzene ring substituents is 1. The van der Waals surface area contributed by atoms with Crippen molar-refractivity contribution in [3.05, 3.63) is 88.0 Å². The molecule has 0 saturated heterocycles. The molecule has 0 unspecified atom stereocenters. The maximum Gasteiger partial charge on any atom is 0.335 e. The fraction of sp³-hybridized carbons (Fsp3) is 0.130. The van der Waals surface area contributed by atoms with E-state index in [0.29, 0.717) is 23.4 Å². The molecule has 0 aliphatic heterocycles. The van der Waals surface area contributed by atoms with Crippen LogP contribution in [0.5, 0.6) is 5.75 Å². The Balaban J connectivity index is 1.75. The number of hydrogen-bond donors (Lipinski definition) is 1. The summed E-state index contributed by atoms with van der Waals surface area (Å²) in [6.07, 6.45) is 0.718. The number of imidazole rings is 1. The number of aryl methyl sites for hydroxylation is 2. The van der Waals surface area contributed by atoms with Crippen LogP contribution in [0.1, 0.15) is 15.9 Å². The summed E-state index contributed by atoms with van der Waals surface area (Å²) in [5.74, 6) is 0.386. The Morgan fingerprint density at radius 1 is 1.10 bits per heavy atom. The van der Waals surface area contributed by atoms with Gasteiger partial charge in [0.15, 0.2) is 0 Å². The van der Waals surface area contributed by atoms with Crippen molar-refractivity contribution in [2.45, 2.75) is 13.0 Å². The molecule has 0 fully saturated rings. The lowest BCUT2D eigenvalue weighted by molar-refractivity contribution is -0.384. The van der Waals surface area contributed by atoms with Crippen molar-refractivity contribution in [3.8, 4) is 17.1 Å². The molecule has 1 N–H and O–H groups in total. The third kappa shape index (κ3) is 4.09. The topological polar surface area (TPSA) is 107 Å². The first-order valence-corrected chi connectivity index (χ1v) is 9.57. The fourth-order valence-corrected chi connectivity index (χ4v) is 3.47. The predicted octanol–water partition coefficient (Wildman–Crippen LogP) is 4.56. The van der Waals surface area contributed by atoms with Crippen molar-refractivity contribution in [2.24, 2.45) is 0 Å². The van der Waals surface area contributed by atoms with Gasteiger partial charge in [-0.05, 0) is 54.4 Å². The lowest BCUT2D eigenvalue weighted by atomic mass is 10.1. The Morgan fingerprint density at radius 3 is 2.42 bits per heavy atom. The highest BCUT2D eigenvalue weighted by Crippen LogP contribution is 2.28. The first-order valence-electron chi connectivity index (χ1n) is 9.57. The number of carboxylic acids is 1. The average Bonchev–Trinajstić information content (AvgIpc) is 3.15. The number of carbonyl (C=O) groups is 1. The molecule has 3 aromatic carbocycles. The summed E-state index contributed by atoms with van der Waals surface area (Å²) in [6.45, 7) is 0.599. The van der Waals surface area contributed by atoms with Crippen molar-refractivity contribution in [3.63, 3.8) is 0 Å². The minimum Gasteiger partial charge on any atom is -0.497 e. The van der Waals surface area contributed by atoms with E-state index < -0.39 is 10.9 Å². The molecule has 0 atom stereocenters. The van der Waals surface area contributed by atoms with Crippen molar-refractivity contribution >= 4 is 22.7 Å². The van der Waals surface area contributed by atoms with Gasteiger partial charge in [-0.1, -0.05) is 12.1 Å². The summed E-state index contributed by atoms with van der Waals surface area (Å²) in [7, 11) is 1.62. The van der Waals surface area contributed by atoms with E-state index in [1.807, 2.05) is 28.8 Å². The van der Waals surface area contributed by atoms with Crippen molar-refractivity contribution in [2.75, 3.05) is 7.11 Å². The van der Waals surface area contributed by atoms with Gasteiger partial charge in [-0.3, -0.25) is 10.1 Å². The predicted molar refractivity (Wildman–Crippen MR) is 115 cm³/mol. The zero-order valence-corrected chi connectivity index (χ0v) is 16.7. The summed E-state index contributed by atoms with van der Waals surface area (Å²) in [6, 6.07) is 18.8. The largest absolute Gasteiger partial charge is 0.497 e. The molecule has 0 aliphatic rings. The SMILES string of the molecule is COc1ccc(CCn2c(-c3ccc([N+](=O)[O-])cc3)nc3cc(C(=O)O)ccc32)cc1. The number of benzene rings is 3. The van der Waals surface area contributed by atoms with Gasteiger partial charge in [-0.2, -0.15) is 0 Å². The Kier molecular flexibility index (Phi) is 5.36. The molecule has 156 valence electrons. The second-order valence-electron chi connectivity index (χ2n) is 7.00. The van der Waals surface area contributed by atoms with Crippen molar-refractivity contribution < 1.29 is 19.6 Å². The van der Waals surface area contributed by atoms with Crippen LogP contribution < -0.4 is 4.74 Å². The van der Waals surface area contributed by atoms with Gasteiger partial charge < -0.3 is 14.4 Å². The molecule has 1 aromatic heterocycles. The van der Waals surface area contributed by atoms with E-state index in [1.165, 1.54) is 18.2 Å². The normalized spacial score (nSPS) is 10.9. The quantitative estimate of drug-likeness (QED) is 0.349. The smallest absolute Gasteiger partial charge is 0.335 e. The van der Waals surface area contributed by atoms with Gasteiger partial charge in [-0.25, -0.2) is 9.78 Å². The molecule has 0 saturated carbocycles. The zero-order valence-electron chi connectivity index (χ0n) is 16.7. The maximum atomic E-state index is 11.4. The van der Waals surface area contributed by atoms with Gasteiger partial charge in [0, 0.05) is 24.2 Å². The third-order valence-electron chi connectivity index (χ3n) is 5.11. The van der Waals surface area contributed by atoms with E-state index in [9.17, 15) is 20.0 Å². The molecule has 4 aromatic rings. The highest BCUT2D eigenvalue weighted by atomic mass is 16.6. The summed E-state index contributed by atoms with van der Waals surface area (Å²) in [5, 5.41) is 20.3. The maximum absolute atomic E-state index is 11.4. The molecule has 0 radical (unpaired) electrons. The van der Waals surface area contributed by atoms with E-state index in [-0.39, 0.29) is 11.3 Å². The van der Waals surface area contributed by atoms with Gasteiger partial charge in [0.05, 0.1) is 28.6 Å². The molecule has 8 heteroatoms. The monoisotopic (exact) mass is 417 g/mol. The summed E-state index contributed by atoms with van der Waals surface area (Å²) >= 11 is 0. The number of hydrogen-bond acceptors (Lipinski definition) is 5. The highest BCUT2D eigenvalue weighted by molar-refractivity contribution is 5.93. The zero-order chi connectivity index (χ0) is 22.0. The molecule has 31 heavy (non-hydrogen) atoms. The minimum atomic E-state index is -1.02. The van der Waals surface area contributed by atoms with E-state index in [2.05, 4.69) is 4.98 Å². The lowest BCUT2D eigenvalue weighted by Gasteiger charge is -2.10. The Bertz CT molecular complexity index is 1260. The number of ether oxygens (including phenoxy) is 1. The van der Waals surface area contributed by atoms with Crippen LogP contribution in [-0.2, 0) is 13.0 Å².